The highest BCUT2D eigenvalue weighted by molar-refractivity contribution is 5.95. The van der Waals surface area contributed by atoms with Crippen LogP contribution in [0.25, 0.3) is 12.2 Å². The van der Waals surface area contributed by atoms with Gasteiger partial charge in [-0.2, -0.15) is 0 Å². The van der Waals surface area contributed by atoms with Gasteiger partial charge in [0.05, 0.1) is 6.10 Å². The Balaban J connectivity index is 2.63. The number of nitrogens with one attached hydrogen (secondary N) is 1. The van der Waals surface area contributed by atoms with E-state index in [1.54, 1.807) is 18.2 Å². The van der Waals surface area contributed by atoms with Crippen LogP contribution in [0.2, 0.25) is 0 Å². The van der Waals surface area contributed by atoms with E-state index < -0.39 is 6.10 Å². The lowest BCUT2D eigenvalue weighted by Crippen LogP contribution is -2.16. The van der Waals surface area contributed by atoms with Crippen LogP contribution in [0.5, 0.6) is 5.75 Å². The molecule has 0 bridgehead atoms. The minimum absolute atomic E-state index is 0.0704. The van der Waals surface area contributed by atoms with Crippen molar-refractivity contribution in [2.24, 2.45) is 5.73 Å². The van der Waals surface area contributed by atoms with Gasteiger partial charge in [-0.25, -0.2) is 0 Å². The fraction of sp³-hybridized carbons (Fsp3) is 0.154. The number of hydrogen-bond acceptors (Lipinski definition) is 4. The van der Waals surface area contributed by atoms with Crippen molar-refractivity contribution in [3.8, 4) is 5.75 Å². The number of benzene rings is 1. The number of rotatable bonds is 2. The summed E-state index contributed by atoms with van der Waals surface area (Å²) in [6.45, 7) is 0.0704. The minimum Gasteiger partial charge on any atom is -0.507 e. The Kier molecular flexibility index (Phi) is 3.45. The molecule has 0 fully saturated rings. The predicted molar refractivity (Wildman–Crippen MR) is 68.3 cm³/mol. The number of phenols is 1. The van der Waals surface area contributed by atoms with Crippen LogP contribution < -0.4 is 11.1 Å². The summed E-state index contributed by atoms with van der Waals surface area (Å²) < 4.78 is 0. The molecule has 1 aromatic rings. The first kappa shape index (κ1) is 12.3. The molecule has 5 nitrogen and oxygen atoms in total. The molecule has 18 heavy (non-hydrogen) atoms. The van der Waals surface area contributed by atoms with E-state index in [0.717, 1.165) is 0 Å². The van der Waals surface area contributed by atoms with Gasteiger partial charge >= 0.3 is 0 Å². The summed E-state index contributed by atoms with van der Waals surface area (Å²) in [5.74, 6) is -0.191. The van der Waals surface area contributed by atoms with Crippen LogP contribution in [0.4, 0.5) is 0 Å². The molecule has 0 spiro atoms. The van der Waals surface area contributed by atoms with E-state index in [-0.39, 0.29) is 18.2 Å². The van der Waals surface area contributed by atoms with Gasteiger partial charge in [-0.05, 0) is 29.3 Å². The van der Waals surface area contributed by atoms with Crippen molar-refractivity contribution in [1.82, 2.24) is 5.32 Å². The number of carbonyl (C=O) groups is 1. The molecule has 0 saturated carbocycles. The fourth-order valence-electron chi connectivity index (χ4n) is 1.83. The van der Waals surface area contributed by atoms with Gasteiger partial charge in [-0.3, -0.25) is 4.79 Å². The molecule has 1 unspecified atom stereocenters. The maximum atomic E-state index is 11.3. The zero-order valence-electron chi connectivity index (χ0n) is 9.63. The summed E-state index contributed by atoms with van der Waals surface area (Å²) >= 11 is 0. The quantitative estimate of drug-likeness (QED) is 0.611. The molecule has 2 rings (SSSR count). The third kappa shape index (κ3) is 2.27. The summed E-state index contributed by atoms with van der Waals surface area (Å²) in [6, 6.07) is 3.10. The molecule has 1 aliphatic rings. The standard InChI is InChI=1S/C13H14N2O3/c14-7-12(17)9-1-3-11(16)10-5-6-15-13(18)4-2-8(9)10/h1-6,12,16-17H,7,14H2,(H,15,18). The molecule has 1 amide bonds. The van der Waals surface area contributed by atoms with Crippen LogP contribution in [-0.2, 0) is 4.79 Å². The van der Waals surface area contributed by atoms with E-state index >= 15 is 0 Å². The fourth-order valence-corrected chi connectivity index (χ4v) is 1.83. The Morgan fingerprint density at radius 2 is 2.00 bits per heavy atom. The number of aromatic hydroxyl groups is 1. The Labute approximate surface area is 104 Å². The third-order valence-electron chi connectivity index (χ3n) is 2.76. The van der Waals surface area contributed by atoms with E-state index in [1.165, 1.54) is 18.3 Å². The summed E-state index contributed by atoms with van der Waals surface area (Å²) in [5, 5.41) is 22.2. The third-order valence-corrected chi connectivity index (χ3v) is 2.76. The Hall–Kier alpha value is -2.11. The smallest absolute Gasteiger partial charge is 0.247 e. The molecule has 1 heterocycles. The zero-order chi connectivity index (χ0) is 13.1. The SMILES string of the molecule is NCC(O)c1ccc(O)c2c1C=CC(=O)NC=C2. The zero-order valence-corrected chi connectivity index (χ0v) is 9.63. The van der Waals surface area contributed by atoms with E-state index in [0.29, 0.717) is 16.7 Å². The number of aliphatic hydroxyl groups is 1. The first-order chi connectivity index (χ1) is 8.63. The molecule has 1 aliphatic heterocycles. The van der Waals surface area contributed by atoms with Crippen molar-refractivity contribution in [1.29, 1.82) is 0 Å². The van der Waals surface area contributed by atoms with Crippen LogP contribution in [-0.4, -0.2) is 22.7 Å². The molecular formula is C13H14N2O3. The van der Waals surface area contributed by atoms with Gasteiger partial charge in [0, 0.05) is 24.4 Å². The Morgan fingerprint density at radius 3 is 2.72 bits per heavy atom. The molecule has 1 aromatic carbocycles. The number of hydrogen-bond donors (Lipinski definition) is 4. The predicted octanol–water partition coefficient (Wildman–Crippen LogP) is 0.498. The lowest BCUT2D eigenvalue weighted by Gasteiger charge is -2.16. The number of nitrogens with two attached hydrogens (primary N) is 1. The Morgan fingerprint density at radius 1 is 1.22 bits per heavy atom. The van der Waals surface area contributed by atoms with Crippen LogP contribution in [0.3, 0.4) is 0 Å². The van der Waals surface area contributed by atoms with Crippen LogP contribution in [0.1, 0.15) is 22.8 Å². The van der Waals surface area contributed by atoms with E-state index in [2.05, 4.69) is 5.32 Å². The highest BCUT2D eigenvalue weighted by Gasteiger charge is 2.15. The first-order valence-electron chi connectivity index (χ1n) is 5.52. The highest BCUT2D eigenvalue weighted by atomic mass is 16.3. The normalized spacial score (nSPS) is 15.6. The van der Waals surface area contributed by atoms with Crippen LogP contribution >= 0.6 is 0 Å². The van der Waals surface area contributed by atoms with Gasteiger partial charge in [0.1, 0.15) is 5.75 Å². The van der Waals surface area contributed by atoms with Crippen molar-refractivity contribution < 1.29 is 15.0 Å². The average molecular weight is 246 g/mol. The maximum absolute atomic E-state index is 11.3. The van der Waals surface area contributed by atoms with Gasteiger partial charge in [-0.15, -0.1) is 0 Å². The van der Waals surface area contributed by atoms with E-state index in [9.17, 15) is 15.0 Å². The summed E-state index contributed by atoms with van der Waals surface area (Å²) in [4.78, 5) is 11.3. The number of carbonyl (C=O) groups excluding carboxylic acids is 1. The van der Waals surface area contributed by atoms with E-state index in [1.807, 2.05) is 0 Å². The second-order valence-corrected chi connectivity index (χ2v) is 3.93. The number of aliphatic hydroxyl groups excluding tert-OH is 1. The lowest BCUT2D eigenvalue weighted by molar-refractivity contribution is -0.115. The number of phenolic OH excluding ortho intramolecular Hbond substituents is 1. The molecule has 5 heteroatoms. The molecule has 1 atom stereocenters. The van der Waals surface area contributed by atoms with Crippen LogP contribution in [0.15, 0.2) is 24.4 Å². The maximum Gasteiger partial charge on any atom is 0.247 e. The van der Waals surface area contributed by atoms with Gasteiger partial charge in [0.2, 0.25) is 5.91 Å². The van der Waals surface area contributed by atoms with Crippen LogP contribution in [0, 0.1) is 0 Å². The minimum atomic E-state index is -0.833. The van der Waals surface area contributed by atoms with Crippen molar-refractivity contribution in [2.75, 3.05) is 6.54 Å². The summed E-state index contributed by atoms with van der Waals surface area (Å²) in [5.41, 5.74) is 7.16. The largest absolute Gasteiger partial charge is 0.507 e. The highest BCUT2D eigenvalue weighted by Crippen LogP contribution is 2.30. The molecule has 0 radical (unpaired) electrons. The van der Waals surface area contributed by atoms with Gasteiger partial charge in [0.15, 0.2) is 0 Å². The molecular weight excluding hydrogens is 232 g/mol. The van der Waals surface area contributed by atoms with Crippen molar-refractivity contribution in [3.05, 3.63) is 41.1 Å². The number of fused-ring (bicyclic) bond motifs is 1. The Bertz CT molecular complexity index is 535. The molecule has 5 N–H and O–H groups in total. The van der Waals surface area contributed by atoms with Gasteiger partial charge in [0.25, 0.3) is 0 Å². The monoisotopic (exact) mass is 246 g/mol. The molecule has 0 aromatic heterocycles. The van der Waals surface area contributed by atoms with Crippen molar-refractivity contribution in [2.45, 2.75) is 6.10 Å². The second kappa shape index (κ2) is 5.03. The summed E-state index contributed by atoms with van der Waals surface area (Å²) in [7, 11) is 0. The second-order valence-electron chi connectivity index (χ2n) is 3.93. The van der Waals surface area contributed by atoms with Gasteiger partial charge in [-0.1, -0.05) is 6.07 Å². The van der Waals surface area contributed by atoms with Crippen molar-refractivity contribution in [3.63, 3.8) is 0 Å². The first-order valence-corrected chi connectivity index (χ1v) is 5.52. The van der Waals surface area contributed by atoms with Crippen molar-refractivity contribution >= 4 is 18.1 Å². The average Bonchev–Trinajstić information content (AvgIpc) is 2.35. The van der Waals surface area contributed by atoms with Gasteiger partial charge < -0.3 is 21.3 Å². The topological polar surface area (TPSA) is 95.6 Å². The molecule has 0 aliphatic carbocycles. The molecule has 0 saturated heterocycles. The summed E-state index contributed by atoms with van der Waals surface area (Å²) in [6.07, 6.45) is 5.10. The van der Waals surface area contributed by atoms with E-state index in [4.69, 9.17) is 5.73 Å². The lowest BCUT2D eigenvalue weighted by atomic mass is 9.95. The number of amides is 1. The molecule has 94 valence electrons.